The van der Waals surface area contributed by atoms with Crippen LogP contribution in [0.15, 0.2) is 18.2 Å². The third-order valence-electron chi connectivity index (χ3n) is 2.29. The fourth-order valence-corrected chi connectivity index (χ4v) is 1.28. The van der Waals surface area contributed by atoms with E-state index in [9.17, 15) is 4.79 Å². The molecule has 1 rings (SSSR count). The number of hydrogen-bond acceptors (Lipinski definition) is 4. The van der Waals surface area contributed by atoms with Crippen LogP contribution in [0.1, 0.15) is 6.92 Å². The Morgan fingerprint density at radius 3 is 2.62 bits per heavy atom. The molecule has 0 aliphatic rings. The van der Waals surface area contributed by atoms with E-state index in [4.69, 9.17) is 5.73 Å². The number of nitrogens with zero attached hydrogens (tertiary/aromatic N) is 3. The van der Waals surface area contributed by atoms with Crippen molar-refractivity contribution in [3.05, 3.63) is 18.2 Å². The molecule has 5 nitrogen and oxygen atoms in total. The summed E-state index contributed by atoms with van der Waals surface area (Å²) >= 11 is 0. The predicted octanol–water partition coefficient (Wildman–Crippen LogP) is 0.578. The molecule has 1 aromatic rings. The molecule has 88 valence electrons. The predicted molar refractivity (Wildman–Crippen MR) is 65.2 cm³/mol. The highest BCUT2D eigenvalue weighted by Crippen LogP contribution is 2.12. The zero-order valence-electron chi connectivity index (χ0n) is 9.97. The van der Waals surface area contributed by atoms with E-state index in [0.29, 0.717) is 12.4 Å². The van der Waals surface area contributed by atoms with Gasteiger partial charge >= 0.3 is 0 Å². The molecule has 0 atom stereocenters. The highest BCUT2D eigenvalue weighted by atomic mass is 16.2. The van der Waals surface area contributed by atoms with E-state index in [0.717, 1.165) is 12.4 Å². The van der Waals surface area contributed by atoms with Crippen molar-refractivity contribution in [1.29, 1.82) is 0 Å². The average Bonchev–Trinajstić information content (AvgIpc) is 2.25. The van der Waals surface area contributed by atoms with E-state index < -0.39 is 0 Å². The van der Waals surface area contributed by atoms with Gasteiger partial charge in [-0.05, 0) is 19.1 Å². The number of likely N-dealkylation sites (N-methyl/N-ethyl adjacent to an activating group) is 2. The smallest absolute Gasteiger partial charge is 0.241 e. The normalized spacial score (nSPS) is 9.94. The van der Waals surface area contributed by atoms with E-state index in [1.54, 1.807) is 25.1 Å². The Balaban J connectivity index is 2.78. The number of nitrogens with two attached hydrogens (primary N) is 1. The Labute approximate surface area is 95.9 Å². The summed E-state index contributed by atoms with van der Waals surface area (Å²) in [5, 5.41) is 0. The summed E-state index contributed by atoms with van der Waals surface area (Å²) < 4.78 is 0. The van der Waals surface area contributed by atoms with Gasteiger partial charge in [-0.15, -0.1) is 0 Å². The zero-order chi connectivity index (χ0) is 12.1. The number of rotatable bonds is 4. The standard InChI is InChI=1S/C11H18N4O/c1-4-15(8-11(16)14(2)3)10-7-5-6-9(12)13-10/h5-7H,4,8H2,1-3H3,(H2,12,13). The van der Waals surface area contributed by atoms with Crippen molar-refractivity contribution in [2.24, 2.45) is 0 Å². The van der Waals surface area contributed by atoms with E-state index in [-0.39, 0.29) is 5.91 Å². The van der Waals surface area contributed by atoms with Crippen LogP contribution in [-0.4, -0.2) is 43.0 Å². The molecule has 0 fully saturated rings. The minimum atomic E-state index is 0.0473. The number of carbonyl (C=O) groups excluding carboxylic acids is 1. The Kier molecular flexibility index (Phi) is 4.10. The number of aromatic nitrogens is 1. The highest BCUT2D eigenvalue weighted by molar-refractivity contribution is 5.80. The second-order valence-corrected chi connectivity index (χ2v) is 3.72. The number of carbonyl (C=O) groups is 1. The van der Waals surface area contributed by atoms with Crippen molar-refractivity contribution >= 4 is 17.5 Å². The van der Waals surface area contributed by atoms with E-state index in [2.05, 4.69) is 4.98 Å². The summed E-state index contributed by atoms with van der Waals surface area (Å²) in [6, 6.07) is 5.41. The monoisotopic (exact) mass is 222 g/mol. The maximum absolute atomic E-state index is 11.6. The van der Waals surface area contributed by atoms with Crippen LogP contribution in [0.25, 0.3) is 0 Å². The SMILES string of the molecule is CCN(CC(=O)N(C)C)c1cccc(N)n1. The maximum Gasteiger partial charge on any atom is 0.241 e. The van der Waals surface area contributed by atoms with E-state index in [1.165, 1.54) is 0 Å². The van der Waals surface area contributed by atoms with Crippen LogP contribution in [0, 0.1) is 0 Å². The van der Waals surface area contributed by atoms with E-state index in [1.807, 2.05) is 24.0 Å². The second kappa shape index (κ2) is 5.34. The van der Waals surface area contributed by atoms with Gasteiger partial charge in [0.15, 0.2) is 0 Å². The number of nitrogen functional groups attached to an aromatic ring is 1. The van der Waals surface area contributed by atoms with Crippen LogP contribution >= 0.6 is 0 Å². The van der Waals surface area contributed by atoms with Crippen molar-refractivity contribution in [3.63, 3.8) is 0 Å². The topological polar surface area (TPSA) is 62.5 Å². The van der Waals surface area contributed by atoms with Gasteiger partial charge in [0.2, 0.25) is 5.91 Å². The molecular weight excluding hydrogens is 204 g/mol. The van der Waals surface area contributed by atoms with Gasteiger partial charge < -0.3 is 15.5 Å². The third kappa shape index (κ3) is 3.12. The fraction of sp³-hybridized carbons (Fsp3) is 0.455. The minimum Gasteiger partial charge on any atom is -0.384 e. The summed E-state index contributed by atoms with van der Waals surface area (Å²) in [7, 11) is 3.48. The Morgan fingerprint density at radius 2 is 2.12 bits per heavy atom. The lowest BCUT2D eigenvalue weighted by Crippen LogP contribution is -2.37. The van der Waals surface area contributed by atoms with Gasteiger partial charge in [-0.2, -0.15) is 0 Å². The summed E-state index contributed by atoms with van der Waals surface area (Å²) in [4.78, 5) is 19.2. The van der Waals surface area contributed by atoms with Crippen molar-refractivity contribution in [1.82, 2.24) is 9.88 Å². The number of amides is 1. The van der Waals surface area contributed by atoms with Gasteiger partial charge in [0.05, 0.1) is 6.54 Å². The van der Waals surface area contributed by atoms with Crippen molar-refractivity contribution in [2.45, 2.75) is 6.92 Å². The molecule has 0 aliphatic carbocycles. The molecule has 1 amide bonds. The first-order valence-corrected chi connectivity index (χ1v) is 5.22. The Bertz CT molecular complexity index is 365. The van der Waals surface area contributed by atoms with Gasteiger partial charge in [-0.3, -0.25) is 4.79 Å². The number of hydrogen-bond donors (Lipinski definition) is 1. The molecule has 0 saturated carbocycles. The lowest BCUT2D eigenvalue weighted by molar-refractivity contribution is -0.127. The fourth-order valence-electron chi connectivity index (χ4n) is 1.28. The largest absolute Gasteiger partial charge is 0.384 e. The van der Waals surface area contributed by atoms with Crippen LogP contribution in [0.4, 0.5) is 11.6 Å². The molecule has 0 unspecified atom stereocenters. The van der Waals surface area contributed by atoms with Crippen molar-refractivity contribution in [3.8, 4) is 0 Å². The Hall–Kier alpha value is -1.78. The summed E-state index contributed by atoms with van der Waals surface area (Å²) in [5.74, 6) is 1.25. The molecule has 5 heteroatoms. The van der Waals surface area contributed by atoms with Gasteiger partial charge in [0, 0.05) is 20.6 Å². The molecule has 0 spiro atoms. The summed E-state index contributed by atoms with van der Waals surface area (Å²) in [5.41, 5.74) is 5.61. The van der Waals surface area contributed by atoms with Crippen molar-refractivity contribution < 1.29 is 4.79 Å². The van der Waals surface area contributed by atoms with Gasteiger partial charge in [-0.1, -0.05) is 6.07 Å². The van der Waals surface area contributed by atoms with Crippen LogP contribution in [0.5, 0.6) is 0 Å². The van der Waals surface area contributed by atoms with Crippen LogP contribution in [0.3, 0.4) is 0 Å². The first-order valence-electron chi connectivity index (χ1n) is 5.22. The number of pyridine rings is 1. The van der Waals surface area contributed by atoms with Crippen LogP contribution in [-0.2, 0) is 4.79 Å². The molecule has 0 aliphatic heterocycles. The third-order valence-corrected chi connectivity index (χ3v) is 2.29. The first kappa shape index (κ1) is 12.3. The van der Waals surface area contributed by atoms with Crippen LogP contribution in [0.2, 0.25) is 0 Å². The molecule has 16 heavy (non-hydrogen) atoms. The van der Waals surface area contributed by atoms with Gasteiger partial charge in [0.1, 0.15) is 11.6 Å². The lowest BCUT2D eigenvalue weighted by Gasteiger charge is -2.23. The molecule has 1 heterocycles. The van der Waals surface area contributed by atoms with Crippen molar-refractivity contribution in [2.75, 3.05) is 37.8 Å². The first-order chi connectivity index (χ1) is 7.54. The lowest BCUT2D eigenvalue weighted by atomic mass is 10.3. The van der Waals surface area contributed by atoms with E-state index >= 15 is 0 Å². The molecule has 0 radical (unpaired) electrons. The molecule has 2 N–H and O–H groups in total. The Morgan fingerprint density at radius 1 is 1.44 bits per heavy atom. The minimum absolute atomic E-state index is 0.0473. The van der Waals surface area contributed by atoms with Gasteiger partial charge in [-0.25, -0.2) is 4.98 Å². The maximum atomic E-state index is 11.6. The average molecular weight is 222 g/mol. The zero-order valence-corrected chi connectivity index (χ0v) is 9.97. The highest BCUT2D eigenvalue weighted by Gasteiger charge is 2.12. The summed E-state index contributed by atoms with van der Waals surface area (Å²) in [6.45, 7) is 3.02. The number of anilines is 2. The molecule has 0 bridgehead atoms. The molecular formula is C11H18N4O. The summed E-state index contributed by atoms with van der Waals surface area (Å²) in [6.07, 6.45) is 0. The molecule has 0 saturated heterocycles. The quantitative estimate of drug-likeness (QED) is 0.809. The van der Waals surface area contributed by atoms with Crippen LogP contribution < -0.4 is 10.6 Å². The second-order valence-electron chi connectivity index (χ2n) is 3.72. The van der Waals surface area contributed by atoms with Gasteiger partial charge in [0.25, 0.3) is 0 Å². The molecule has 1 aromatic heterocycles. The molecule has 0 aromatic carbocycles.